The fourth-order valence-corrected chi connectivity index (χ4v) is 2.75. The average Bonchev–Trinajstić information content (AvgIpc) is 2.77. The first-order valence-electron chi connectivity index (χ1n) is 6.03. The van der Waals surface area contributed by atoms with Gasteiger partial charge in [-0.2, -0.15) is 0 Å². The second-order valence-corrected chi connectivity index (χ2v) is 4.55. The Hall–Kier alpha value is -2.02. The maximum atomic E-state index is 5.91. The average molecular weight is 220 g/mol. The number of rotatable bonds is 0. The van der Waals surface area contributed by atoms with Gasteiger partial charge in [-0.25, -0.2) is 0 Å². The van der Waals surface area contributed by atoms with Crippen molar-refractivity contribution in [3.63, 3.8) is 0 Å². The lowest BCUT2D eigenvalue weighted by molar-refractivity contribution is 0.595. The summed E-state index contributed by atoms with van der Waals surface area (Å²) in [6.07, 6.45) is 6.50. The molecule has 0 aliphatic heterocycles. The Bertz CT molecular complexity index is 747. The third-order valence-electron chi connectivity index (χ3n) is 3.54. The van der Waals surface area contributed by atoms with E-state index in [1.807, 2.05) is 0 Å². The van der Waals surface area contributed by atoms with Gasteiger partial charge >= 0.3 is 0 Å². The molecule has 0 bridgehead atoms. The van der Waals surface area contributed by atoms with Crippen LogP contribution < -0.4 is 0 Å². The first-order chi connectivity index (χ1) is 8.43. The fraction of sp³-hybridized carbons (Fsp3) is 0.125. The molecule has 0 unspecified atom stereocenters. The molecule has 0 fully saturated rings. The van der Waals surface area contributed by atoms with Gasteiger partial charge in [0, 0.05) is 10.9 Å². The SMILES string of the molecule is C1=Cc2oc3ccc4ccccc4c3c2CC1. The highest BCUT2D eigenvalue weighted by Gasteiger charge is 2.16. The predicted molar refractivity (Wildman–Crippen MR) is 71.1 cm³/mol. The van der Waals surface area contributed by atoms with Crippen LogP contribution in [0.5, 0.6) is 0 Å². The van der Waals surface area contributed by atoms with Gasteiger partial charge in [0.15, 0.2) is 0 Å². The molecule has 1 nitrogen and oxygen atoms in total. The highest BCUT2D eigenvalue weighted by Crippen LogP contribution is 2.35. The fourth-order valence-electron chi connectivity index (χ4n) is 2.75. The largest absolute Gasteiger partial charge is 0.456 e. The first-order valence-corrected chi connectivity index (χ1v) is 6.03. The Morgan fingerprint density at radius 3 is 2.94 bits per heavy atom. The molecule has 0 atom stereocenters. The summed E-state index contributed by atoms with van der Waals surface area (Å²) >= 11 is 0. The molecule has 2 aromatic carbocycles. The molecule has 0 amide bonds. The van der Waals surface area contributed by atoms with Crippen molar-refractivity contribution in [2.45, 2.75) is 12.8 Å². The Morgan fingerprint density at radius 2 is 1.94 bits per heavy atom. The topological polar surface area (TPSA) is 13.1 Å². The summed E-state index contributed by atoms with van der Waals surface area (Å²) in [6, 6.07) is 12.7. The van der Waals surface area contributed by atoms with Gasteiger partial charge in [0.2, 0.25) is 0 Å². The number of benzene rings is 2. The third-order valence-corrected chi connectivity index (χ3v) is 3.54. The Morgan fingerprint density at radius 1 is 1.00 bits per heavy atom. The molecule has 82 valence electrons. The van der Waals surface area contributed by atoms with Crippen LogP contribution in [0.4, 0.5) is 0 Å². The summed E-state index contributed by atoms with van der Waals surface area (Å²) < 4.78 is 5.91. The molecule has 0 saturated carbocycles. The Labute approximate surface area is 99.4 Å². The number of hydrogen-bond acceptors (Lipinski definition) is 1. The van der Waals surface area contributed by atoms with Crippen molar-refractivity contribution >= 4 is 27.8 Å². The van der Waals surface area contributed by atoms with Gasteiger partial charge in [0.1, 0.15) is 11.3 Å². The van der Waals surface area contributed by atoms with Crippen LogP contribution in [0.2, 0.25) is 0 Å². The normalized spacial score (nSPS) is 14.4. The van der Waals surface area contributed by atoms with E-state index in [-0.39, 0.29) is 0 Å². The number of hydrogen-bond donors (Lipinski definition) is 0. The van der Waals surface area contributed by atoms with Gasteiger partial charge in [0.25, 0.3) is 0 Å². The lowest BCUT2D eigenvalue weighted by Gasteiger charge is -2.04. The number of aryl methyl sites for hydroxylation is 1. The summed E-state index contributed by atoms with van der Waals surface area (Å²) in [5.41, 5.74) is 2.39. The number of fused-ring (bicyclic) bond motifs is 5. The minimum atomic E-state index is 1.01. The molecule has 17 heavy (non-hydrogen) atoms. The smallest absolute Gasteiger partial charge is 0.135 e. The van der Waals surface area contributed by atoms with Crippen molar-refractivity contribution in [3.05, 3.63) is 53.8 Å². The van der Waals surface area contributed by atoms with Crippen molar-refractivity contribution in [3.8, 4) is 0 Å². The lowest BCUT2D eigenvalue weighted by atomic mass is 9.97. The molecule has 1 aliphatic carbocycles. The predicted octanol–water partition coefficient (Wildman–Crippen LogP) is 4.55. The van der Waals surface area contributed by atoms with Crippen LogP contribution in [0.25, 0.3) is 27.8 Å². The van der Waals surface area contributed by atoms with Crippen molar-refractivity contribution in [2.75, 3.05) is 0 Å². The van der Waals surface area contributed by atoms with E-state index in [4.69, 9.17) is 4.42 Å². The van der Waals surface area contributed by atoms with Gasteiger partial charge in [-0.3, -0.25) is 0 Å². The molecule has 1 aliphatic rings. The van der Waals surface area contributed by atoms with Crippen LogP contribution in [0.1, 0.15) is 17.7 Å². The first kappa shape index (κ1) is 9.06. The molecular formula is C16H12O. The highest BCUT2D eigenvalue weighted by molar-refractivity contribution is 6.08. The second kappa shape index (κ2) is 3.24. The van der Waals surface area contributed by atoms with E-state index in [9.17, 15) is 0 Å². The molecule has 1 heterocycles. The maximum Gasteiger partial charge on any atom is 0.135 e. The van der Waals surface area contributed by atoms with E-state index in [0.29, 0.717) is 0 Å². The summed E-state index contributed by atoms with van der Waals surface area (Å²) in [6.45, 7) is 0. The van der Waals surface area contributed by atoms with Crippen molar-refractivity contribution in [2.24, 2.45) is 0 Å². The minimum absolute atomic E-state index is 1.01. The van der Waals surface area contributed by atoms with E-state index in [1.54, 1.807) is 0 Å². The molecule has 3 aromatic rings. The second-order valence-electron chi connectivity index (χ2n) is 4.55. The summed E-state index contributed by atoms with van der Waals surface area (Å²) in [5, 5.41) is 3.91. The molecule has 4 rings (SSSR count). The third kappa shape index (κ3) is 1.19. The highest BCUT2D eigenvalue weighted by atomic mass is 16.3. The van der Waals surface area contributed by atoms with Gasteiger partial charge in [-0.1, -0.05) is 36.4 Å². The van der Waals surface area contributed by atoms with Crippen LogP contribution in [-0.2, 0) is 6.42 Å². The van der Waals surface area contributed by atoms with Gasteiger partial charge < -0.3 is 4.42 Å². The van der Waals surface area contributed by atoms with Crippen molar-refractivity contribution in [1.29, 1.82) is 0 Å². The van der Waals surface area contributed by atoms with E-state index in [0.717, 1.165) is 24.2 Å². The van der Waals surface area contributed by atoms with Crippen LogP contribution in [0, 0.1) is 0 Å². The molecule has 0 radical (unpaired) electrons. The monoisotopic (exact) mass is 220 g/mol. The lowest BCUT2D eigenvalue weighted by Crippen LogP contribution is -1.89. The Kier molecular flexibility index (Phi) is 1.72. The van der Waals surface area contributed by atoms with Crippen LogP contribution >= 0.6 is 0 Å². The molecule has 1 heteroatoms. The zero-order chi connectivity index (χ0) is 11.2. The summed E-state index contributed by atoms with van der Waals surface area (Å²) in [5.74, 6) is 1.04. The summed E-state index contributed by atoms with van der Waals surface area (Å²) in [4.78, 5) is 0. The maximum absolute atomic E-state index is 5.91. The quantitative estimate of drug-likeness (QED) is 0.542. The zero-order valence-corrected chi connectivity index (χ0v) is 9.44. The van der Waals surface area contributed by atoms with Crippen molar-refractivity contribution in [1.82, 2.24) is 0 Å². The van der Waals surface area contributed by atoms with Crippen molar-refractivity contribution < 1.29 is 4.42 Å². The number of allylic oxidation sites excluding steroid dienone is 1. The molecular weight excluding hydrogens is 208 g/mol. The van der Waals surface area contributed by atoms with Crippen LogP contribution in [0.15, 0.2) is 46.9 Å². The zero-order valence-electron chi connectivity index (χ0n) is 9.44. The summed E-state index contributed by atoms with van der Waals surface area (Å²) in [7, 11) is 0. The van der Waals surface area contributed by atoms with Gasteiger partial charge in [-0.15, -0.1) is 0 Å². The molecule has 1 aromatic heterocycles. The standard InChI is InChI=1S/C16H12O/c1-2-6-12-11(5-1)9-10-15-16(12)13-7-3-4-8-14(13)17-15/h1-2,4-6,8-10H,3,7H2. The molecule has 0 N–H and O–H groups in total. The van der Waals surface area contributed by atoms with Crippen LogP contribution in [0.3, 0.4) is 0 Å². The van der Waals surface area contributed by atoms with Crippen LogP contribution in [-0.4, -0.2) is 0 Å². The van der Waals surface area contributed by atoms with E-state index < -0.39 is 0 Å². The Balaban J connectivity index is 2.25. The van der Waals surface area contributed by atoms with E-state index >= 15 is 0 Å². The van der Waals surface area contributed by atoms with E-state index in [2.05, 4.69) is 48.6 Å². The minimum Gasteiger partial charge on any atom is -0.456 e. The van der Waals surface area contributed by atoms with Gasteiger partial charge in [0.05, 0.1) is 0 Å². The molecule has 0 spiro atoms. The molecule has 0 saturated heterocycles. The number of furan rings is 1. The van der Waals surface area contributed by atoms with Gasteiger partial charge in [-0.05, 0) is 35.8 Å². The van der Waals surface area contributed by atoms with E-state index in [1.165, 1.54) is 21.7 Å².